The van der Waals surface area contributed by atoms with Crippen LogP contribution in [0.1, 0.15) is 60.2 Å². The molecule has 166 valence electrons. The highest BCUT2D eigenvalue weighted by atomic mass is 19.4. The van der Waals surface area contributed by atoms with Crippen LogP contribution in [0.25, 0.3) is 5.69 Å². The summed E-state index contributed by atoms with van der Waals surface area (Å²) in [6.45, 7) is 8.05. The van der Waals surface area contributed by atoms with E-state index in [-0.39, 0.29) is 12.3 Å². The average molecular weight is 430 g/mol. The minimum absolute atomic E-state index is 0.101. The Morgan fingerprint density at radius 2 is 1.61 bits per heavy atom. The van der Waals surface area contributed by atoms with Gasteiger partial charge in [-0.05, 0) is 79.6 Å². The van der Waals surface area contributed by atoms with Crippen LogP contribution in [0, 0.1) is 13.8 Å². The summed E-state index contributed by atoms with van der Waals surface area (Å²) in [6, 6.07) is 12.6. The van der Waals surface area contributed by atoms with Crippen molar-refractivity contribution in [3.8, 4) is 11.4 Å². The quantitative estimate of drug-likeness (QED) is 0.360. The number of benzene rings is 2. The molecule has 1 heterocycles. The van der Waals surface area contributed by atoms with Gasteiger partial charge < -0.3 is 9.30 Å². The van der Waals surface area contributed by atoms with E-state index in [4.69, 9.17) is 4.74 Å². The second kappa shape index (κ2) is 9.63. The van der Waals surface area contributed by atoms with Crippen LogP contribution in [0.2, 0.25) is 0 Å². The van der Waals surface area contributed by atoms with E-state index in [0.717, 1.165) is 48.4 Å². The Morgan fingerprint density at radius 1 is 0.903 bits per heavy atom. The lowest BCUT2D eigenvalue weighted by Crippen LogP contribution is -2.13. The molecule has 0 saturated carbocycles. The molecule has 0 bridgehead atoms. The summed E-state index contributed by atoms with van der Waals surface area (Å²) in [5, 5.41) is 0. The monoisotopic (exact) mass is 429 g/mol. The lowest BCUT2D eigenvalue weighted by molar-refractivity contribution is -0.138. The number of alkyl halides is 3. The van der Waals surface area contributed by atoms with Crippen LogP contribution < -0.4 is 4.74 Å². The second-order valence-corrected chi connectivity index (χ2v) is 7.93. The van der Waals surface area contributed by atoms with Crippen LogP contribution in [0.4, 0.5) is 13.2 Å². The molecule has 0 fully saturated rings. The van der Waals surface area contributed by atoms with Crippen LogP contribution >= 0.6 is 0 Å². The predicted octanol–water partition coefficient (Wildman–Crippen LogP) is 7.60. The largest absolute Gasteiger partial charge is 0.487 e. The molecular formula is C26H30F3NO. The Kier molecular flexibility index (Phi) is 7.14. The van der Waals surface area contributed by atoms with Crippen molar-refractivity contribution in [3.63, 3.8) is 0 Å². The first-order chi connectivity index (χ1) is 14.8. The first-order valence-electron chi connectivity index (χ1n) is 10.8. The number of nitrogens with zero attached hydrogens (tertiary/aromatic N) is 1. The van der Waals surface area contributed by atoms with Crippen LogP contribution in [0.15, 0.2) is 48.7 Å². The molecule has 2 nitrogen and oxygen atoms in total. The van der Waals surface area contributed by atoms with Gasteiger partial charge in [-0.1, -0.05) is 38.5 Å². The Hall–Kier alpha value is -2.69. The van der Waals surface area contributed by atoms with Crippen molar-refractivity contribution >= 4 is 0 Å². The van der Waals surface area contributed by atoms with Crippen LogP contribution in [-0.4, -0.2) is 4.57 Å². The van der Waals surface area contributed by atoms with Crippen molar-refractivity contribution in [3.05, 3.63) is 82.2 Å². The zero-order valence-corrected chi connectivity index (χ0v) is 18.6. The Balaban J connectivity index is 1.91. The van der Waals surface area contributed by atoms with Gasteiger partial charge >= 0.3 is 6.18 Å². The molecule has 0 saturated heterocycles. The maximum atomic E-state index is 13.7. The second-order valence-electron chi connectivity index (χ2n) is 7.93. The van der Waals surface area contributed by atoms with Gasteiger partial charge in [0.25, 0.3) is 0 Å². The molecule has 0 amide bonds. The summed E-state index contributed by atoms with van der Waals surface area (Å²) in [5.41, 5.74) is 4.65. The molecule has 0 N–H and O–H groups in total. The van der Waals surface area contributed by atoms with Crippen molar-refractivity contribution in [2.24, 2.45) is 0 Å². The third-order valence-corrected chi connectivity index (χ3v) is 5.93. The van der Waals surface area contributed by atoms with E-state index in [9.17, 15) is 13.2 Å². The Morgan fingerprint density at radius 3 is 2.23 bits per heavy atom. The number of unbranched alkanes of at least 4 members (excludes halogenated alkanes) is 1. The molecule has 0 spiro atoms. The van der Waals surface area contributed by atoms with Gasteiger partial charge in [0.2, 0.25) is 0 Å². The SMILES string of the molecule is CCCCc1ccc(OCc2c(C(F)(F)F)ccn2-c2ccc(CC)cc2)c(C)c1C. The fourth-order valence-electron chi connectivity index (χ4n) is 3.80. The number of ether oxygens (including phenoxy) is 1. The van der Waals surface area contributed by atoms with Gasteiger partial charge in [0.05, 0.1) is 11.3 Å². The molecule has 3 rings (SSSR count). The molecule has 2 aromatic carbocycles. The number of halogens is 3. The van der Waals surface area contributed by atoms with Gasteiger partial charge in [0.15, 0.2) is 0 Å². The molecule has 0 aliphatic rings. The zero-order chi connectivity index (χ0) is 22.6. The standard InChI is InChI=1S/C26H30F3NO/c1-5-7-8-21-11-14-25(19(4)18(21)3)31-17-24-23(26(27,28)29)15-16-30(24)22-12-9-20(6-2)10-13-22/h9-16H,5-8,17H2,1-4H3. The van der Waals surface area contributed by atoms with E-state index in [1.807, 2.05) is 57.2 Å². The normalized spacial score (nSPS) is 11.7. The summed E-state index contributed by atoms with van der Waals surface area (Å²) in [5.74, 6) is 0.625. The van der Waals surface area contributed by atoms with E-state index in [1.54, 1.807) is 4.57 Å². The summed E-state index contributed by atoms with van der Waals surface area (Å²) in [7, 11) is 0. The predicted molar refractivity (Wildman–Crippen MR) is 119 cm³/mol. The molecule has 0 radical (unpaired) electrons. The smallest absolute Gasteiger partial charge is 0.418 e. The van der Waals surface area contributed by atoms with E-state index in [0.29, 0.717) is 11.4 Å². The molecule has 0 aliphatic carbocycles. The topological polar surface area (TPSA) is 14.2 Å². The molecule has 1 aromatic heterocycles. The fraction of sp³-hybridized carbons (Fsp3) is 0.385. The van der Waals surface area contributed by atoms with E-state index in [1.165, 1.54) is 11.8 Å². The average Bonchev–Trinajstić information content (AvgIpc) is 3.18. The third-order valence-electron chi connectivity index (χ3n) is 5.93. The van der Waals surface area contributed by atoms with Crippen molar-refractivity contribution in [2.75, 3.05) is 0 Å². The molecule has 3 aromatic rings. The number of aryl methyl sites for hydroxylation is 2. The van der Waals surface area contributed by atoms with Crippen molar-refractivity contribution in [1.82, 2.24) is 4.57 Å². The maximum absolute atomic E-state index is 13.7. The lowest BCUT2D eigenvalue weighted by Gasteiger charge is -2.17. The summed E-state index contributed by atoms with van der Waals surface area (Å²) < 4.78 is 48.5. The van der Waals surface area contributed by atoms with E-state index in [2.05, 4.69) is 6.92 Å². The first-order valence-corrected chi connectivity index (χ1v) is 10.8. The number of aromatic nitrogens is 1. The molecule has 0 aliphatic heterocycles. The summed E-state index contributed by atoms with van der Waals surface area (Å²) in [4.78, 5) is 0. The number of hydrogen-bond donors (Lipinski definition) is 0. The van der Waals surface area contributed by atoms with Crippen molar-refractivity contribution < 1.29 is 17.9 Å². The van der Waals surface area contributed by atoms with E-state index >= 15 is 0 Å². The highest BCUT2D eigenvalue weighted by Crippen LogP contribution is 2.35. The van der Waals surface area contributed by atoms with Crippen LogP contribution in [0.3, 0.4) is 0 Å². The minimum atomic E-state index is -4.44. The molecule has 31 heavy (non-hydrogen) atoms. The van der Waals surface area contributed by atoms with Gasteiger partial charge in [-0.2, -0.15) is 13.2 Å². The maximum Gasteiger partial charge on any atom is 0.418 e. The van der Waals surface area contributed by atoms with Crippen molar-refractivity contribution in [1.29, 1.82) is 0 Å². The zero-order valence-electron chi connectivity index (χ0n) is 18.6. The number of rotatable bonds is 8. The van der Waals surface area contributed by atoms with Crippen LogP contribution in [-0.2, 0) is 25.6 Å². The molecule has 5 heteroatoms. The molecule has 0 unspecified atom stereocenters. The highest BCUT2D eigenvalue weighted by molar-refractivity contribution is 5.44. The third kappa shape index (κ3) is 5.15. The van der Waals surface area contributed by atoms with Gasteiger partial charge in [-0.15, -0.1) is 0 Å². The number of hydrogen-bond acceptors (Lipinski definition) is 1. The van der Waals surface area contributed by atoms with Gasteiger partial charge in [0.1, 0.15) is 12.4 Å². The van der Waals surface area contributed by atoms with Crippen molar-refractivity contribution in [2.45, 2.75) is 66.2 Å². The molecular weight excluding hydrogens is 399 g/mol. The van der Waals surface area contributed by atoms with Gasteiger partial charge in [-0.25, -0.2) is 0 Å². The Labute approximate surface area is 182 Å². The van der Waals surface area contributed by atoms with E-state index < -0.39 is 11.7 Å². The summed E-state index contributed by atoms with van der Waals surface area (Å²) >= 11 is 0. The lowest BCUT2D eigenvalue weighted by atomic mass is 9.98. The first kappa shape index (κ1) is 23.0. The Bertz CT molecular complexity index is 1020. The summed E-state index contributed by atoms with van der Waals surface area (Å²) in [6.07, 6.45) is 1.13. The molecule has 0 atom stereocenters. The minimum Gasteiger partial charge on any atom is -0.487 e. The van der Waals surface area contributed by atoms with Gasteiger partial charge in [-0.3, -0.25) is 0 Å². The highest BCUT2D eigenvalue weighted by Gasteiger charge is 2.35. The van der Waals surface area contributed by atoms with Crippen LogP contribution in [0.5, 0.6) is 5.75 Å². The fourth-order valence-corrected chi connectivity index (χ4v) is 3.80. The van der Waals surface area contributed by atoms with Gasteiger partial charge in [0, 0.05) is 11.9 Å².